The number of non-ortho nitro benzene ring substituents is 1. The second-order valence-corrected chi connectivity index (χ2v) is 6.20. The molecule has 0 spiro atoms. The molecule has 3 rings (SSSR count). The van der Waals surface area contributed by atoms with Gasteiger partial charge in [0.2, 0.25) is 0 Å². The Kier molecular flexibility index (Phi) is 4.18. The number of hydrogen-bond donors (Lipinski definition) is 0. The van der Waals surface area contributed by atoms with Gasteiger partial charge in [-0.2, -0.15) is 0 Å². The number of thioether (sulfide) groups is 1. The summed E-state index contributed by atoms with van der Waals surface area (Å²) in [5.41, 5.74) is 2.07. The Morgan fingerprint density at radius 1 is 1.12 bits per heavy atom. The number of hydrogen-bond acceptors (Lipinski definition) is 5. The summed E-state index contributed by atoms with van der Waals surface area (Å²) in [5.74, 6) is -0.394. The number of rotatable bonds is 3. The highest BCUT2D eigenvalue weighted by Crippen LogP contribution is 2.36. The molecule has 7 heteroatoms. The van der Waals surface area contributed by atoms with Crippen LogP contribution in [-0.2, 0) is 4.79 Å². The number of aryl methyl sites for hydroxylation is 1. The molecule has 0 N–H and O–H groups in total. The molecule has 1 heterocycles. The third-order valence-corrected chi connectivity index (χ3v) is 4.32. The summed E-state index contributed by atoms with van der Waals surface area (Å²) in [6, 6.07) is 12.9. The van der Waals surface area contributed by atoms with Gasteiger partial charge in [-0.25, -0.2) is 4.90 Å². The third-order valence-electron chi connectivity index (χ3n) is 3.46. The first-order valence-corrected chi connectivity index (χ1v) is 7.86. The quantitative estimate of drug-likeness (QED) is 0.476. The van der Waals surface area contributed by atoms with Crippen molar-refractivity contribution >= 4 is 40.4 Å². The van der Waals surface area contributed by atoms with E-state index in [4.69, 9.17) is 0 Å². The minimum Gasteiger partial charge on any atom is -0.268 e. The van der Waals surface area contributed by atoms with Crippen LogP contribution in [-0.4, -0.2) is 16.1 Å². The van der Waals surface area contributed by atoms with Crippen LogP contribution in [0.15, 0.2) is 53.4 Å². The normalized spacial score (nSPS) is 16.0. The summed E-state index contributed by atoms with van der Waals surface area (Å²) in [7, 11) is 0. The van der Waals surface area contributed by atoms with Crippen LogP contribution in [0, 0.1) is 17.0 Å². The van der Waals surface area contributed by atoms with Gasteiger partial charge in [0.25, 0.3) is 16.8 Å². The van der Waals surface area contributed by atoms with Crippen molar-refractivity contribution in [2.45, 2.75) is 6.92 Å². The van der Waals surface area contributed by atoms with Crippen molar-refractivity contribution in [2.24, 2.45) is 0 Å². The molecule has 2 aromatic rings. The van der Waals surface area contributed by atoms with Crippen molar-refractivity contribution in [3.8, 4) is 0 Å². The van der Waals surface area contributed by atoms with Crippen molar-refractivity contribution in [1.82, 2.24) is 0 Å². The van der Waals surface area contributed by atoms with Crippen molar-refractivity contribution in [2.75, 3.05) is 4.90 Å². The first kappa shape index (κ1) is 15.9. The molecule has 0 radical (unpaired) electrons. The summed E-state index contributed by atoms with van der Waals surface area (Å²) < 4.78 is 0. The van der Waals surface area contributed by atoms with Crippen molar-refractivity contribution < 1.29 is 14.5 Å². The number of imide groups is 1. The number of benzene rings is 2. The van der Waals surface area contributed by atoms with Crippen molar-refractivity contribution in [3.05, 3.63) is 74.7 Å². The van der Waals surface area contributed by atoms with Gasteiger partial charge in [0, 0.05) is 12.1 Å². The molecule has 0 atom stereocenters. The third kappa shape index (κ3) is 3.07. The Labute approximate surface area is 141 Å². The van der Waals surface area contributed by atoms with E-state index in [-0.39, 0.29) is 15.8 Å². The maximum atomic E-state index is 12.5. The van der Waals surface area contributed by atoms with Gasteiger partial charge in [-0.1, -0.05) is 12.1 Å². The van der Waals surface area contributed by atoms with E-state index < -0.39 is 10.8 Å². The molecule has 0 aromatic heterocycles. The zero-order chi connectivity index (χ0) is 17.3. The minimum absolute atomic E-state index is 0.0278. The zero-order valence-electron chi connectivity index (χ0n) is 12.6. The van der Waals surface area contributed by atoms with Gasteiger partial charge in [0.15, 0.2) is 0 Å². The number of carbonyl (C=O) groups is 2. The highest BCUT2D eigenvalue weighted by atomic mass is 32.2. The Bertz CT molecular complexity index is 874. The predicted octanol–water partition coefficient (Wildman–Crippen LogP) is 4.14. The maximum Gasteiger partial charge on any atom is 0.298 e. The van der Waals surface area contributed by atoms with Crippen LogP contribution >= 0.6 is 11.8 Å². The lowest BCUT2D eigenvalue weighted by atomic mass is 10.2. The van der Waals surface area contributed by atoms with Gasteiger partial charge in [-0.3, -0.25) is 19.7 Å². The molecule has 0 saturated carbocycles. The molecule has 0 bridgehead atoms. The molecule has 24 heavy (non-hydrogen) atoms. The summed E-state index contributed by atoms with van der Waals surface area (Å²) in [6.07, 6.45) is 1.56. The number of nitro groups is 1. The largest absolute Gasteiger partial charge is 0.298 e. The zero-order valence-corrected chi connectivity index (χ0v) is 13.4. The SMILES string of the molecule is Cc1cccc(N2C(=O)SC(=Cc3ccc([N+](=O)[O-])cc3)C2=O)c1. The van der Waals surface area contributed by atoms with E-state index in [1.54, 1.807) is 36.4 Å². The Hall–Kier alpha value is -2.93. The number of anilines is 1. The molecule has 2 aromatic carbocycles. The maximum absolute atomic E-state index is 12.5. The van der Waals surface area contributed by atoms with E-state index in [0.29, 0.717) is 11.3 Å². The van der Waals surface area contributed by atoms with Crippen LogP contribution in [0.1, 0.15) is 11.1 Å². The van der Waals surface area contributed by atoms with Gasteiger partial charge < -0.3 is 0 Å². The van der Waals surface area contributed by atoms with Crippen LogP contribution in [0.4, 0.5) is 16.2 Å². The standard InChI is InChI=1S/C17H12N2O4S/c1-11-3-2-4-14(9-11)18-16(20)15(24-17(18)21)10-12-5-7-13(8-6-12)19(22)23/h2-10H,1H3. The van der Waals surface area contributed by atoms with Gasteiger partial charge in [-0.15, -0.1) is 0 Å². The van der Waals surface area contributed by atoms with Crippen molar-refractivity contribution in [1.29, 1.82) is 0 Å². The van der Waals surface area contributed by atoms with Gasteiger partial charge in [0.1, 0.15) is 0 Å². The molecule has 120 valence electrons. The molecular weight excluding hydrogens is 328 g/mol. The summed E-state index contributed by atoms with van der Waals surface area (Å²) >= 11 is 0.852. The van der Waals surface area contributed by atoms with Gasteiger partial charge in [0.05, 0.1) is 15.5 Å². The van der Waals surface area contributed by atoms with E-state index in [1.807, 2.05) is 13.0 Å². The average molecular weight is 340 g/mol. The Morgan fingerprint density at radius 2 is 1.83 bits per heavy atom. The second kappa shape index (κ2) is 6.29. The molecule has 0 unspecified atom stereocenters. The summed E-state index contributed by atoms with van der Waals surface area (Å²) in [6.45, 7) is 1.88. The van der Waals surface area contributed by atoms with E-state index >= 15 is 0 Å². The van der Waals surface area contributed by atoms with Crippen LogP contribution in [0.3, 0.4) is 0 Å². The lowest BCUT2D eigenvalue weighted by Crippen LogP contribution is -2.27. The molecular formula is C17H12N2O4S. The van der Waals surface area contributed by atoms with E-state index in [0.717, 1.165) is 22.2 Å². The molecule has 0 aliphatic carbocycles. The van der Waals surface area contributed by atoms with Crippen LogP contribution in [0.2, 0.25) is 0 Å². The fraction of sp³-hybridized carbons (Fsp3) is 0.0588. The Morgan fingerprint density at radius 3 is 2.46 bits per heavy atom. The van der Waals surface area contributed by atoms with Gasteiger partial charge in [-0.05, 0) is 60.2 Å². The minimum atomic E-state index is -0.491. The van der Waals surface area contributed by atoms with E-state index in [2.05, 4.69) is 0 Å². The predicted molar refractivity (Wildman–Crippen MR) is 92.7 cm³/mol. The van der Waals surface area contributed by atoms with E-state index in [9.17, 15) is 19.7 Å². The Balaban J connectivity index is 1.89. The monoisotopic (exact) mass is 340 g/mol. The fourth-order valence-corrected chi connectivity index (χ4v) is 3.14. The topological polar surface area (TPSA) is 80.5 Å². The molecule has 1 aliphatic heterocycles. The highest BCUT2D eigenvalue weighted by Gasteiger charge is 2.36. The lowest BCUT2D eigenvalue weighted by molar-refractivity contribution is -0.384. The first-order valence-electron chi connectivity index (χ1n) is 7.05. The van der Waals surface area contributed by atoms with Crippen LogP contribution in [0.25, 0.3) is 6.08 Å². The average Bonchev–Trinajstić information content (AvgIpc) is 2.82. The fourth-order valence-electron chi connectivity index (χ4n) is 2.30. The number of carbonyl (C=O) groups excluding carboxylic acids is 2. The van der Waals surface area contributed by atoms with Crippen molar-refractivity contribution in [3.63, 3.8) is 0 Å². The number of amides is 2. The summed E-state index contributed by atoms with van der Waals surface area (Å²) in [4.78, 5) is 36.3. The van der Waals surface area contributed by atoms with E-state index in [1.165, 1.54) is 12.1 Å². The summed E-state index contributed by atoms with van der Waals surface area (Å²) in [5, 5.41) is 10.3. The first-order chi connectivity index (χ1) is 11.5. The highest BCUT2D eigenvalue weighted by molar-refractivity contribution is 8.19. The lowest BCUT2D eigenvalue weighted by Gasteiger charge is -2.12. The van der Waals surface area contributed by atoms with Crippen LogP contribution in [0.5, 0.6) is 0 Å². The smallest absolute Gasteiger partial charge is 0.268 e. The molecule has 2 amide bonds. The number of nitrogens with zero attached hydrogens (tertiary/aromatic N) is 2. The molecule has 1 fully saturated rings. The molecule has 6 nitrogen and oxygen atoms in total. The second-order valence-electron chi connectivity index (χ2n) is 5.20. The number of nitro benzene ring substituents is 1. The molecule has 1 saturated heterocycles. The van der Waals surface area contributed by atoms with Gasteiger partial charge >= 0.3 is 0 Å². The van der Waals surface area contributed by atoms with Crippen LogP contribution < -0.4 is 4.90 Å². The molecule has 1 aliphatic rings.